The number of carbonyl (C=O) groups excluding carboxylic acids is 1. The van der Waals surface area contributed by atoms with Gasteiger partial charge in [0, 0.05) is 37.3 Å². The summed E-state index contributed by atoms with van der Waals surface area (Å²) in [6.07, 6.45) is 8.13. The molecule has 0 aliphatic rings. The van der Waals surface area contributed by atoms with Crippen LogP contribution in [0.2, 0.25) is 0 Å². The predicted molar refractivity (Wildman–Crippen MR) is 136 cm³/mol. The molecule has 0 bridgehead atoms. The van der Waals surface area contributed by atoms with E-state index in [-0.39, 0.29) is 16.6 Å². The Hall–Kier alpha value is -4.15. The van der Waals surface area contributed by atoms with Crippen molar-refractivity contribution in [3.63, 3.8) is 0 Å². The standard InChI is InChI=1S/C21H22B3N7O3/c1-12-26-10-16(20(33)30(12)2)19(32)29-18-4-3-15(9-27-18)34-14-5-6-25-17(7-14)13-8-28-31(11-13)21(22,23)24/h3-11H,22-24H2,1-2H3,(H,27,29,32). The summed E-state index contributed by atoms with van der Waals surface area (Å²) >= 11 is 0. The molecule has 0 atom stereocenters. The van der Waals surface area contributed by atoms with Crippen LogP contribution < -0.4 is 15.6 Å². The molecule has 4 heterocycles. The van der Waals surface area contributed by atoms with Crippen LogP contribution >= 0.6 is 0 Å². The van der Waals surface area contributed by atoms with Gasteiger partial charge in [-0.2, -0.15) is 5.10 Å². The molecular weight excluding hydrogens is 431 g/mol. The molecule has 34 heavy (non-hydrogen) atoms. The third kappa shape index (κ3) is 4.93. The molecule has 0 aliphatic carbocycles. The van der Waals surface area contributed by atoms with Gasteiger partial charge in [-0.05, 0) is 30.4 Å². The van der Waals surface area contributed by atoms with Gasteiger partial charge in [-0.3, -0.25) is 23.8 Å². The number of hydrogen-bond acceptors (Lipinski definition) is 7. The van der Waals surface area contributed by atoms with Crippen molar-refractivity contribution in [3.05, 3.63) is 77.0 Å². The number of rotatable bonds is 6. The molecule has 1 N–H and O–H groups in total. The van der Waals surface area contributed by atoms with Gasteiger partial charge in [0.05, 0.1) is 18.1 Å². The Balaban J connectivity index is 1.46. The van der Waals surface area contributed by atoms with Crippen LogP contribution in [0.5, 0.6) is 11.5 Å². The lowest BCUT2D eigenvalue weighted by Crippen LogP contribution is -2.35. The Morgan fingerprint density at radius 3 is 2.53 bits per heavy atom. The lowest BCUT2D eigenvalue weighted by molar-refractivity contribution is 0.102. The van der Waals surface area contributed by atoms with Crippen molar-refractivity contribution in [2.75, 3.05) is 5.32 Å². The first-order valence-corrected chi connectivity index (χ1v) is 10.6. The summed E-state index contributed by atoms with van der Waals surface area (Å²) in [4.78, 5) is 37.4. The van der Waals surface area contributed by atoms with E-state index in [1.807, 2.05) is 16.9 Å². The second-order valence-corrected chi connectivity index (χ2v) is 8.74. The first kappa shape index (κ1) is 23.0. The summed E-state index contributed by atoms with van der Waals surface area (Å²) in [7, 11) is 7.79. The third-order valence-corrected chi connectivity index (χ3v) is 5.16. The van der Waals surface area contributed by atoms with Crippen LogP contribution in [-0.4, -0.2) is 58.7 Å². The maximum atomic E-state index is 12.5. The van der Waals surface area contributed by atoms with E-state index in [0.717, 1.165) is 11.3 Å². The van der Waals surface area contributed by atoms with Crippen LogP contribution in [0.3, 0.4) is 0 Å². The number of ether oxygens (including phenoxy) is 1. The quantitative estimate of drug-likeness (QED) is 0.383. The molecule has 0 saturated heterocycles. The molecule has 0 unspecified atom stereocenters. The lowest BCUT2D eigenvalue weighted by atomic mass is 9.49. The first-order valence-electron chi connectivity index (χ1n) is 10.6. The number of pyridine rings is 2. The Morgan fingerprint density at radius 2 is 1.85 bits per heavy atom. The number of nitrogens with zero attached hydrogens (tertiary/aromatic N) is 6. The summed E-state index contributed by atoms with van der Waals surface area (Å²) in [5.41, 5.74) is 1.13. The summed E-state index contributed by atoms with van der Waals surface area (Å²) < 4.78 is 9.10. The molecule has 0 fully saturated rings. The zero-order chi connectivity index (χ0) is 24.5. The van der Waals surface area contributed by atoms with Crippen molar-refractivity contribution in [2.24, 2.45) is 7.05 Å². The smallest absolute Gasteiger partial charge is 0.266 e. The average molecular weight is 453 g/mol. The number of hydrogen-bond donors (Lipinski definition) is 1. The van der Waals surface area contributed by atoms with E-state index < -0.39 is 11.5 Å². The molecule has 0 aromatic carbocycles. The summed E-state index contributed by atoms with van der Waals surface area (Å²) in [6.45, 7) is 1.69. The normalized spacial score (nSPS) is 11.2. The van der Waals surface area contributed by atoms with Gasteiger partial charge in [-0.1, -0.05) is 0 Å². The van der Waals surface area contributed by atoms with Crippen LogP contribution in [0.15, 0.2) is 60.0 Å². The zero-order valence-corrected chi connectivity index (χ0v) is 19.6. The Bertz CT molecular complexity index is 1410. The van der Waals surface area contributed by atoms with Gasteiger partial charge in [-0.15, -0.1) is 0 Å². The van der Waals surface area contributed by atoms with Crippen LogP contribution in [0.1, 0.15) is 16.2 Å². The Kier molecular flexibility index (Phi) is 6.10. The van der Waals surface area contributed by atoms with Crippen LogP contribution in [0, 0.1) is 6.92 Å². The molecule has 4 aromatic rings. The van der Waals surface area contributed by atoms with E-state index in [2.05, 4.69) is 48.9 Å². The molecule has 168 valence electrons. The summed E-state index contributed by atoms with van der Waals surface area (Å²) in [5, 5.41) is 6.89. The topological polar surface area (TPSA) is 117 Å². The number of carbonyl (C=O) groups is 1. The minimum absolute atomic E-state index is 0.0608. The predicted octanol–water partition coefficient (Wildman–Crippen LogP) is -0.746. The highest BCUT2D eigenvalue weighted by Gasteiger charge is 2.16. The highest BCUT2D eigenvalue weighted by molar-refractivity contribution is 6.56. The third-order valence-electron chi connectivity index (χ3n) is 5.16. The minimum atomic E-state index is -0.580. The molecule has 13 heteroatoms. The van der Waals surface area contributed by atoms with E-state index in [1.54, 1.807) is 44.6 Å². The maximum Gasteiger partial charge on any atom is 0.266 e. The summed E-state index contributed by atoms with van der Waals surface area (Å²) in [6, 6.07) is 6.83. The van der Waals surface area contributed by atoms with Gasteiger partial charge in [0.25, 0.3) is 11.5 Å². The fourth-order valence-corrected chi connectivity index (χ4v) is 3.07. The average Bonchev–Trinajstić information content (AvgIpc) is 3.30. The monoisotopic (exact) mass is 453 g/mol. The van der Waals surface area contributed by atoms with Crippen molar-refractivity contribution in [3.8, 4) is 22.8 Å². The van der Waals surface area contributed by atoms with Crippen LogP contribution in [0.25, 0.3) is 11.3 Å². The number of aromatic nitrogens is 6. The molecule has 4 aromatic heterocycles. The van der Waals surface area contributed by atoms with Crippen molar-refractivity contribution >= 4 is 35.3 Å². The first-order chi connectivity index (χ1) is 16.1. The number of amides is 1. The number of aryl methyl sites for hydroxylation is 1. The SMILES string of the molecule is BC(B)(B)n1cc(-c2cc(Oc3ccc(NC(=O)c4cnc(C)n(C)c4=O)nc3)ccn2)cn1. The Morgan fingerprint density at radius 1 is 1.06 bits per heavy atom. The van der Waals surface area contributed by atoms with Crippen molar-refractivity contribution in [2.45, 2.75) is 12.2 Å². The van der Waals surface area contributed by atoms with Crippen molar-refractivity contribution in [1.82, 2.24) is 29.3 Å². The second kappa shape index (κ2) is 9.01. The molecular formula is C21H22B3N7O3. The van der Waals surface area contributed by atoms with E-state index in [1.165, 1.54) is 17.0 Å². The highest BCUT2D eigenvalue weighted by atomic mass is 16.5. The van der Waals surface area contributed by atoms with E-state index in [4.69, 9.17) is 4.74 Å². The highest BCUT2D eigenvalue weighted by Crippen LogP contribution is 2.26. The Labute approximate surface area is 198 Å². The molecule has 0 spiro atoms. The lowest BCUT2D eigenvalue weighted by Gasteiger charge is -2.18. The maximum absolute atomic E-state index is 12.5. The number of nitrogens with one attached hydrogen (secondary N) is 1. The van der Waals surface area contributed by atoms with Crippen molar-refractivity contribution < 1.29 is 9.53 Å². The van der Waals surface area contributed by atoms with Gasteiger partial charge in [0.15, 0.2) is 0 Å². The molecule has 0 aliphatic heterocycles. The molecule has 4 rings (SSSR count). The number of anilines is 1. The van der Waals surface area contributed by atoms with E-state index in [0.29, 0.717) is 17.3 Å². The van der Waals surface area contributed by atoms with Crippen LogP contribution in [-0.2, 0) is 12.3 Å². The second-order valence-electron chi connectivity index (χ2n) is 8.74. The fraction of sp³-hybridized carbons (Fsp3) is 0.143. The van der Waals surface area contributed by atoms with Crippen molar-refractivity contribution in [1.29, 1.82) is 0 Å². The van der Waals surface area contributed by atoms with Gasteiger partial charge < -0.3 is 10.1 Å². The van der Waals surface area contributed by atoms with Gasteiger partial charge >= 0.3 is 0 Å². The van der Waals surface area contributed by atoms with E-state index >= 15 is 0 Å². The molecule has 10 nitrogen and oxygen atoms in total. The van der Waals surface area contributed by atoms with E-state index in [9.17, 15) is 9.59 Å². The van der Waals surface area contributed by atoms with Crippen LogP contribution in [0.4, 0.5) is 5.82 Å². The van der Waals surface area contributed by atoms with Gasteiger partial charge in [0.2, 0.25) is 0 Å². The van der Waals surface area contributed by atoms with Gasteiger partial charge in [0.1, 0.15) is 52.2 Å². The largest absolute Gasteiger partial charge is 0.456 e. The van der Waals surface area contributed by atoms with Gasteiger partial charge in [-0.25, -0.2) is 9.97 Å². The summed E-state index contributed by atoms with van der Waals surface area (Å²) in [5.74, 6) is 1.28. The molecule has 0 radical (unpaired) electrons. The zero-order valence-electron chi connectivity index (χ0n) is 19.6. The molecule has 0 saturated carbocycles. The fourth-order valence-electron chi connectivity index (χ4n) is 3.07. The molecule has 1 amide bonds. The minimum Gasteiger partial charge on any atom is -0.456 e.